The highest BCUT2D eigenvalue weighted by molar-refractivity contribution is 5.34. The zero-order valence-electron chi connectivity index (χ0n) is 11.6. The van der Waals surface area contributed by atoms with Crippen LogP contribution in [-0.4, -0.2) is 21.6 Å². The minimum absolute atomic E-state index is 0.0934. The van der Waals surface area contributed by atoms with E-state index in [1.54, 1.807) is 34.6 Å². The molecule has 1 aromatic heterocycles. The number of halogens is 3. The summed E-state index contributed by atoms with van der Waals surface area (Å²) in [4.78, 5) is 7.40. The van der Waals surface area contributed by atoms with Crippen molar-refractivity contribution >= 4 is 5.95 Å². The highest BCUT2D eigenvalue weighted by atomic mass is 19.4. The molecule has 0 aliphatic rings. The van der Waals surface area contributed by atoms with E-state index in [0.29, 0.717) is 0 Å². The molecule has 108 valence electrons. The summed E-state index contributed by atoms with van der Waals surface area (Å²) in [5.74, 6) is -0.193. The smallest absolute Gasteiger partial charge is 0.433 e. The van der Waals surface area contributed by atoms with Gasteiger partial charge in [-0.3, -0.25) is 0 Å². The Balaban J connectivity index is 3.16. The molecule has 0 fully saturated rings. The van der Waals surface area contributed by atoms with Crippen molar-refractivity contribution in [2.75, 3.05) is 5.32 Å². The van der Waals surface area contributed by atoms with Crippen molar-refractivity contribution in [1.29, 1.82) is 0 Å². The fraction of sp³-hybridized carbons (Fsp3) is 0.667. The predicted molar refractivity (Wildman–Crippen MR) is 66.2 cm³/mol. The van der Waals surface area contributed by atoms with Gasteiger partial charge in [-0.05, 0) is 34.6 Å². The summed E-state index contributed by atoms with van der Waals surface area (Å²) in [6.45, 7) is 8.84. The fourth-order valence-electron chi connectivity index (χ4n) is 1.26. The van der Waals surface area contributed by atoms with Crippen molar-refractivity contribution in [2.24, 2.45) is 0 Å². The van der Waals surface area contributed by atoms with Crippen LogP contribution in [0.5, 0.6) is 5.88 Å². The van der Waals surface area contributed by atoms with E-state index in [4.69, 9.17) is 4.74 Å². The molecule has 0 bridgehead atoms. The molecule has 0 radical (unpaired) electrons. The Morgan fingerprint density at radius 3 is 2.16 bits per heavy atom. The Morgan fingerprint density at radius 2 is 1.74 bits per heavy atom. The van der Waals surface area contributed by atoms with Gasteiger partial charge in [-0.1, -0.05) is 0 Å². The van der Waals surface area contributed by atoms with E-state index < -0.39 is 17.4 Å². The lowest BCUT2D eigenvalue weighted by Gasteiger charge is -2.21. The molecule has 0 atom stereocenters. The van der Waals surface area contributed by atoms with E-state index >= 15 is 0 Å². The van der Waals surface area contributed by atoms with Crippen LogP contribution in [0.2, 0.25) is 0 Å². The molecule has 0 saturated heterocycles. The summed E-state index contributed by atoms with van der Waals surface area (Å²) in [5, 5.41) is 2.81. The van der Waals surface area contributed by atoms with Crippen LogP contribution in [0, 0.1) is 0 Å². The van der Waals surface area contributed by atoms with Gasteiger partial charge in [0.25, 0.3) is 0 Å². The van der Waals surface area contributed by atoms with Crippen LogP contribution >= 0.6 is 0 Å². The molecule has 1 heterocycles. The zero-order valence-corrected chi connectivity index (χ0v) is 11.6. The molecule has 19 heavy (non-hydrogen) atoms. The van der Waals surface area contributed by atoms with Crippen molar-refractivity contribution in [3.05, 3.63) is 11.8 Å². The Hall–Kier alpha value is -1.53. The van der Waals surface area contributed by atoms with Crippen LogP contribution in [0.3, 0.4) is 0 Å². The molecule has 0 amide bonds. The van der Waals surface area contributed by atoms with Crippen molar-refractivity contribution in [1.82, 2.24) is 9.97 Å². The minimum atomic E-state index is -4.54. The van der Waals surface area contributed by atoms with Gasteiger partial charge in [0, 0.05) is 11.6 Å². The van der Waals surface area contributed by atoms with Crippen molar-refractivity contribution < 1.29 is 17.9 Å². The van der Waals surface area contributed by atoms with E-state index in [2.05, 4.69) is 15.3 Å². The third kappa shape index (κ3) is 5.32. The maximum absolute atomic E-state index is 12.7. The van der Waals surface area contributed by atoms with Gasteiger partial charge in [-0.25, -0.2) is 4.98 Å². The molecule has 1 rings (SSSR count). The number of rotatable bonds is 3. The lowest BCUT2D eigenvalue weighted by molar-refractivity contribution is -0.141. The van der Waals surface area contributed by atoms with E-state index in [0.717, 1.165) is 6.07 Å². The average molecular weight is 277 g/mol. The number of nitrogens with one attached hydrogen (secondary N) is 1. The maximum atomic E-state index is 12.7. The quantitative estimate of drug-likeness (QED) is 0.918. The van der Waals surface area contributed by atoms with Crippen molar-refractivity contribution in [2.45, 2.75) is 52.4 Å². The lowest BCUT2D eigenvalue weighted by Crippen LogP contribution is -2.28. The second kappa shape index (κ2) is 5.22. The van der Waals surface area contributed by atoms with Gasteiger partial charge in [0.05, 0.1) is 6.10 Å². The number of aromatic nitrogens is 2. The Labute approximate surface area is 110 Å². The second-order valence-electron chi connectivity index (χ2n) is 5.45. The van der Waals surface area contributed by atoms with E-state index in [1.807, 2.05) is 0 Å². The van der Waals surface area contributed by atoms with Gasteiger partial charge in [0.2, 0.25) is 11.8 Å². The van der Waals surface area contributed by atoms with Gasteiger partial charge in [0.1, 0.15) is 0 Å². The number of ether oxygens (including phenoxy) is 1. The van der Waals surface area contributed by atoms with Gasteiger partial charge in [-0.2, -0.15) is 18.2 Å². The second-order valence-corrected chi connectivity index (χ2v) is 5.45. The molecule has 0 unspecified atom stereocenters. The molecule has 0 saturated carbocycles. The largest absolute Gasteiger partial charge is 0.475 e. The first-order valence-corrected chi connectivity index (χ1v) is 5.88. The van der Waals surface area contributed by atoms with E-state index in [-0.39, 0.29) is 17.9 Å². The van der Waals surface area contributed by atoms with Crippen LogP contribution in [0.1, 0.15) is 40.3 Å². The van der Waals surface area contributed by atoms with E-state index in [9.17, 15) is 13.2 Å². The summed E-state index contributed by atoms with van der Waals surface area (Å²) < 4.78 is 43.4. The number of hydrogen-bond acceptors (Lipinski definition) is 4. The molecule has 0 aliphatic carbocycles. The van der Waals surface area contributed by atoms with E-state index in [1.165, 1.54) is 0 Å². The number of hydrogen-bond donors (Lipinski definition) is 1. The SMILES string of the molecule is CC(C)Oc1cc(C(F)(F)F)nc(NC(C)(C)C)n1. The van der Waals surface area contributed by atoms with Gasteiger partial charge in [-0.15, -0.1) is 0 Å². The van der Waals surface area contributed by atoms with Crippen LogP contribution < -0.4 is 10.1 Å². The minimum Gasteiger partial charge on any atom is -0.475 e. The van der Waals surface area contributed by atoms with Crippen LogP contribution in [0.15, 0.2) is 6.07 Å². The zero-order chi connectivity index (χ0) is 14.8. The average Bonchev–Trinajstić information content (AvgIpc) is 2.11. The van der Waals surface area contributed by atoms with Gasteiger partial charge in [0.15, 0.2) is 5.69 Å². The number of nitrogens with zero attached hydrogens (tertiary/aromatic N) is 2. The molecule has 0 spiro atoms. The topological polar surface area (TPSA) is 47.0 Å². The fourth-order valence-corrected chi connectivity index (χ4v) is 1.26. The highest BCUT2D eigenvalue weighted by Gasteiger charge is 2.34. The Kier molecular flexibility index (Phi) is 4.27. The monoisotopic (exact) mass is 277 g/mol. The lowest BCUT2D eigenvalue weighted by atomic mass is 10.1. The Bertz CT molecular complexity index is 439. The van der Waals surface area contributed by atoms with Crippen LogP contribution in [-0.2, 0) is 6.18 Å². The third-order valence-electron chi connectivity index (χ3n) is 1.84. The number of anilines is 1. The summed E-state index contributed by atoms with van der Waals surface area (Å²) in [6.07, 6.45) is -4.80. The summed E-state index contributed by atoms with van der Waals surface area (Å²) >= 11 is 0. The summed E-state index contributed by atoms with van der Waals surface area (Å²) in [7, 11) is 0. The normalized spacial score (nSPS) is 12.7. The Morgan fingerprint density at radius 1 is 1.16 bits per heavy atom. The first-order chi connectivity index (χ1) is 8.47. The highest BCUT2D eigenvalue weighted by Crippen LogP contribution is 2.30. The first-order valence-electron chi connectivity index (χ1n) is 5.88. The third-order valence-corrected chi connectivity index (χ3v) is 1.84. The molecule has 0 aromatic carbocycles. The van der Waals surface area contributed by atoms with Gasteiger partial charge >= 0.3 is 6.18 Å². The standard InChI is InChI=1S/C12H18F3N3O/c1-7(2)19-9-6-8(12(13,14)15)16-10(17-9)18-11(3,4)5/h6-7H,1-5H3,(H,16,17,18). The predicted octanol–water partition coefficient (Wildman–Crippen LogP) is 3.49. The summed E-state index contributed by atoms with van der Waals surface area (Å²) in [6, 6.07) is 0.799. The molecule has 1 N–H and O–H groups in total. The molecule has 0 aliphatic heterocycles. The summed E-state index contributed by atoms with van der Waals surface area (Å²) in [5.41, 5.74) is -1.47. The van der Waals surface area contributed by atoms with Gasteiger partial charge < -0.3 is 10.1 Å². The van der Waals surface area contributed by atoms with Crippen LogP contribution in [0.4, 0.5) is 19.1 Å². The van der Waals surface area contributed by atoms with Crippen molar-refractivity contribution in [3.8, 4) is 5.88 Å². The number of alkyl halides is 3. The van der Waals surface area contributed by atoms with Crippen LogP contribution in [0.25, 0.3) is 0 Å². The maximum Gasteiger partial charge on any atom is 0.433 e. The first kappa shape index (κ1) is 15.5. The molecular weight excluding hydrogens is 259 g/mol. The molecule has 7 heteroatoms. The molecule has 4 nitrogen and oxygen atoms in total. The van der Waals surface area contributed by atoms with Crippen molar-refractivity contribution in [3.63, 3.8) is 0 Å². The molecular formula is C12H18F3N3O. The molecule has 1 aromatic rings.